The van der Waals surface area contributed by atoms with Gasteiger partial charge in [0.05, 0.1) is 18.5 Å². The van der Waals surface area contributed by atoms with Gasteiger partial charge in [-0.3, -0.25) is 4.79 Å². The van der Waals surface area contributed by atoms with E-state index in [9.17, 15) is 4.79 Å². The van der Waals surface area contributed by atoms with E-state index in [2.05, 4.69) is 32.5 Å². The van der Waals surface area contributed by atoms with Gasteiger partial charge >= 0.3 is 0 Å². The van der Waals surface area contributed by atoms with E-state index in [1.165, 1.54) is 17.3 Å². The Balaban J connectivity index is 1.65. The Morgan fingerprint density at radius 2 is 1.71 bits per heavy atom. The molecule has 0 aliphatic carbocycles. The van der Waals surface area contributed by atoms with Gasteiger partial charge in [0.25, 0.3) is 5.91 Å². The number of nitrogens with one attached hydrogen (secondary N) is 1. The lowest BCUT2D eigenvalue weighted by Gasteiger charge is -2.10. The normalized spacial score (nSPS) is 10.8. The van der Waals surface area contributed by atoms with Crippen LogP contribution in [-0.4, -0.2) is 38.0 Å². The summed E-state index contributed by atoms with van der Waals surface area (Å²) in [6, 6.07) is 17.1. The molecule has 174 valence electrons. The number of anilines is 1. The number of benzene rings is 2. The lowest BCUT2D eigenvalue weighted by molar-refractivity contribution is 0.102. The van der Waals surface area contributed by atoms with Crippen molar-refractivity contribution in [1.29, 1.82) is 0 Å². The van der Waals surface area contributed by atoms with Gasteiger partial charge in [0.1, 0.15) is 5.75 Å². The first-order valence-electron chi connectivity index (χ1n) is 10.9. The summed E-state index contributed by atoms with van der Waals surface area (Å²) in [6.07, 6.45) is 0.937. The molecule has 34 heavy (non-hydrogen) atoms. The number of rotatable bonds is 8. The van der Waals surface area contributed by atoms with Crippen molar-refractivity contribution in [3.8, 4) is 11.4 Å². The van der Waals surface area contributed by atoms with Crippen molar-refractivity contribution < 1.29 is 9.53 Å². The fraction of sp³-hybridized carbons (Fsp3) is 0.240. The molecule has 4 rings (SSSR count). The Morgan fingerprint density at radius 3 is 2.32 bits per heavy atom. The average Bonchev–Trinajstić information content (AvgIpc) is 3.27. The van der Waals surface area contributed by atoms with E-state index >= 15 is 0 Å². The summed E-state index contributed by atoms with van der Waals surface area (Å²) in [5, 5.41) is 12.1. The van der Waals surface area contributed by atoms with Crippen molar-refractivity contribution in [3.63, 3.8) is 0 Å². The van der Waals surface area contributed by atoms with Gasteiger partial charge in [-0.15, -0.1) is 5.10 Å². The number of hydrogen-bond acceptors (Lipinski definition) is 7. The smallest absolute Gasteiger partial charge is 0.278 e. The first-order chi connectivity index (χ1) is 16.5. The minimum absolute atomic E-state index is 0.257. The molecule has 2 heterocycles. The third-order valence-electron chi connectivity index (χ3n) is 5.22. The number of thioether (sulfide) groups is 1. The molecular formula is C25H26N6O2S. The fourth-order valence-electron chi connectivity index (χ4n) is 3.44. The molecule has 0 aliphatic rings. The van der Waals surface area contributed by atoms with E-state index in [1.807, 2.05) is 68.4 Å². The van der Waals surface area contributed by atoms with E-state index < -0.39 is 0 Å². The van der Waals surface area contributed by atoms with Crippen LogP contribution in [0.15, 0.2) is 59.8 Å². The van der Waals surface area contributed by atoms with Gasteiger partial charge in [0, 0.05) is 22.8 Å². The van der Waals surface area contributed by atoms with Crippen molar-refractivity contribution in [3.05, 3.63) is 82.9 Å². The van der Waals surface area contributed by atoms with Gasteiger partial charge in [-0.2, -0.15) is 0 Å². The summed E-state index contributed by atoms with van der Waals surface area (Å²) in [6.45, 7) is 5.96. The molecule has 0 radical (unpaired) electrons. The first-order valence-corrected chi connectivity index (χ1v) is 11.9. The van der Waals surface area contributed by atoms with E-state index in [1.54, 1.807) is 11.8 Å². The number of carbonyl (C=O) groups is 1. The van der Waals surface area contributed by atoms with Crippen LogP contribution in [0.4, 0.5) is 5.69 Å². The summed E-state index contributed by atoms with van der Waals surface area (Å²) in [5.41, 5.74) is 5.38. The van der Waals surface area contributed by atoms with Crippen molar-refractivity contribution in [2.24, 2.45) is 0 Å². The molecular weight excluding hydrogens is 448 g/mol. The third-order valence-corrected chi connectivity index (χ3v) is 6.07. The number of carbonyl (C=O) groups excluding carboxylic acids is 1. The summed E-state index contributed by atoms with van der Waals surface area (Å²) < 4.78 is 6.93. The first kappa shape index (κ1) is 23.4. The Hall–Kier alpha value is -3.72. The third kappa shape index (κ3) is 5.43. The number of amides is 1. The zero-order valence-corrected chi connectivity index (χ0v) is 20.4. The van der Waals surface area contributed by atoms with Crippen LogP contribution in [0.3, 0.4) is 0 Å². The zero-order valence-electron chi connectivity index (χ0n) is 19.6. The molecule has 1 N–H and O–H groups in total. The maximum atomic E-state index is 13.2. The molecule has 0 spiro atoms. The molecule has 0 aliphatic heterocycles. The molecule has 0 unspecified atom stereocenters. The molecule has 2 aromatic carbocycles. The summed E-state index contributed by atoms with van der Waals surface area (Å²) >= 11 is 1.44. The van der Waals surface area contributed by atoms with Crippen LogP contribution in [0.1, 0.15) is 40.1 Å². The van der Waals surface area contributed by atoms with Gasteiger partial charge in [0.2, 0.25) is 0 Å². The number of nitrogens with zero attached hydrogens (tertiary/aromatic N) is 5. The molecule has 0 saturated carbocycles. The minimum atomic E-state index is -0.319. The molecule has 8 nitrogen and oxygen atoms in total. The Morgan fingerprint density at radius 1 is 1.03 bits per heavy atom. The van der Waals surface area contributed by atoms with Crippen LogP contribution in [0.5, 0.6) is 5.75 Å². The maximum absolute atomic E-state index is 13.2. The predicted octanol–water partition coefficient (Wildman–Crippen LogP) is 4.79. The maximum Gasteiger partial charge on any atom is 0.278 e. The number of methoxy groups -OCH3 is 1. The van der Waals surface area contributed by atoms with Crippen LogP contribution in [0.2, 0.25) is 0 Å². The molecule has 0 bridgehead atoms. The minimum Gasteiger partial charge on any atom is -0.497 e. The van der Waals surface area contributed by atoms with Crippen LogP contribution in [0, 0.1) is 13.8 Å². The largest absolute Gasteiger partial charge is 0.497 e. The highest BCUT2D eigenvalue weighted by Gasteiger charge is 2.22. The number of ether oxygens (including phenoxy) is 1. The molecule has 0 atom stereocenters. The van der Waals surface area contributed by atoms with Gasteiger partial charge in [-0.25, -0.2) is 14.6 Å². The van der Waals surface area contributed by atoms with Gasteiger partial charge in [-0.1, -0.05) is 36.0 Å². The number of hydrogen-bond donors (Lipinski definition) is 1. The molecule has 9 heteroatoms. The van der Waals surface area contributed by atoms with Crippen LogP contribution in [-0.2, 0) is 12.2 Å². The van der Waals surface area contributed by atoms with Crippen LogP contribution >= 0.6 is 11.8 Å². The standard InChI is InChI=1S/C25H26N6O2S/c1-5-18-6-8-19(9-7-18)28-24(32)23-22(15-34-25-26-16(2)14-17(3)27-25)31(30-29-23)20-10-12-21(33-4)13-11-20/h6-14H,5,15H2,1-4H3,(H,28,32). The van der Waals surface area contributed by atoms with Crippen LogP contribution in [0.25, 0.3) is 5.69 Å². The Bertz CT molecular complexity index is 1270. The summed E-state index contributed by atoms with van der Waals surface area (Å²) in [4.78, 5) is 22.2. The average molecular weight is 475 g/mol. The quantitative estimate of drug-likeness (QED) is 0.290. The van der Waals surface area contributed by atoms with Gasteiger partial charge in [0.15, 0.2) is 10.9 Å². The Kier molecular flexibility index (Phi) is 7.22. The van der Waals surface area contributed by atoms with Crippen molar-refractivity contribution in [1.82, 2.24) is 25.0 Å². The molecule has 0 saturated heterocycles. The lowest BCUT2D eigenvalue weighted by Crippen LogP contribution is -2.15. The second-order valence-corrected chi connectivity index (χ2v) is 8.66. The highest BCUT2D eigenvalue weighted by atomic mass is 32.2. The number of aryl methyl sites for hydroxylation is 3. The topological polar surface area (TPSA) is 94.8 Å². The van der Waals surface area contributed by atoms with E-state index in [-0.39, 0.29) is 11.6 Å². The monoisotopic (exact) mass is 474 g/mol. The second-order valence-electron chi connectivity index (χ2n) is 7.72. The van der Waals surface area contributed by atoms with Gasteiger partial charge in [-0.05, 0) is 68.3 Å². The second kappa shape index (κ2) is 10.5. The SMILES string of the molecule is CCc1ccc(NC(=O)c2nnn(-c3ccc(OC)cc3)c2CSc2nc(C)cc(C)n2)cc1. The van der Waals surface area contributed by atoms with E-state index in [0.29, 0.717) is 22.3 Å². The van der Waals surface area contributed by atoms with E-state index in [0.717, 1.165) is 29.2 Å². The fourth-order valence-corrected chi connectivity index (χ4v) is 4.39. The summed E-state index contributed by atoms with van der Waals surface area (Å²) in [5.74, 6) is 0.831. The molecule has 0 fully saturated rings. The van der Waals surface area contributed by atoms with E-state index in [4.69, 9.17) is 4.74 Å². The number of aromatic nitrogens is 5. The predicted molar refractivity (Wildman–Crippen MR) is 133 cm³/mol. The van der Waals surface area contributed by atoms with Crippen molar-refractivity contribution >= 4 is 23.4 Å². The highest BCUT2D eigenvalue weighted by Crippen LogP contribution is 2.25. The van der Waals surface area contributed by atoms with Crippen molar-refractivity contribution in [2.75, 3.05) is 12.4 Å². The zero-order chi connectivity index (χ0) is 24.1. The summed E-state index contributed by atoms with van der Waals surface area (Å²) in [7, 11) is 1.62. The van der Waals surface area contributed by atoms with Crippen LogP contribution < -0.4 is 10.1 Å². The Labute approximate surface area is 202 Å². The molecule has 1 amide bonds. The van der Waals surface area contributed by atoms with Gasteiger partial charge < -0.3 is 10.1 Å². The highest BCUT2D eigenvalue weighted by molar-refractivity contribution is 7.98. The lowest BCUT2D eigenvalue weighted by atomic mass is 10.1. The van der Waals surface area contributed by atoms with Crippen molar-refractivity contribution in [2.45, 2.75) is 38.1 Å². The molecule has 4 aromatic rings. The molecule has 2 aromatic heterocycles.